The van der Waals surface area contributed by atoms with Gasteiger partial charge in [-0.2, -0.15) is 8.78 Å². The maximum absolute atomic E-state index is 13.6. The lowest BCUT2D eigenvalue weighted by Gasteiger charge is -2.17. The fourth-order valence-electron chi connectivity index (χ4n) is 1.51. The highest BCUT2D eigenvalue weighted by molar-refractivity contribution is 5.20. The van der Waals surface area contributed by atoms with Crippen molar-refractivity contribution in [3.8, 4) is 12.3 Å². The molecule has 1 nitrogen and oxygen atoms in total. The van der Waals surface area contributed by atoms with E-state index in [1.807, 2.05) is 0 Å². The van der Waals surface area contributed by atoms with Crippen LogP contribution in [-0.4, -0.2) is 13.1 Å². The Kier molecular flexibility index (Phi) is 5.65. The summed E-state index contributed by atoms with van der Waals surface area (Å²) in [6, 6.07) is 7.86. The Morgan fingerprint density at radius 1 is 1.18 bits per heavy atom. The highest BCUT2D eigenvalue weighted by atomic mass is 19.3. The number of terminal acetylenes is 1. The van der Waals surface area contributed by atoms with Crippen molar-refractivity contribution >= 4 is 0 Å². The molecule has 3 heteroatoms. The van der Waals surface area contributed by atoms with Crippen molar-refractivity contribution in [3.63, 3.8) is 0 Å². The van der Waals surface area contributed by atoms with Crippen LogP contribution in [0.15, 0.2) is 30.3 Å². The van der Waals surface area contributed by atoms with E-state index >= 15 is 0 Å². The molecule has 0 amide bonds. The summed E-state index contributed by atoms with van der Waals surface area (Å²) in [7, 11) is 0. The molecule has 0 unspecified atom stereocenters. The normalized spacial score (nSPS) is 11.1. The molecule has 1 N–H and O–H groups in total. The molecule has 0 aliphatic rings. The zero-order valence-corrected chi connectivity index (χ0v) is 9.76. The molecule has 1 aromatic carbocycles. The molecular weight excluding hydrogens is 220 g/mol. The maximum Gasteiger partial charge on any atom is 0.285 e. The molecule has 0 aliphatic heterocycles. The summed E-state index contributed by atoms with van der Waals surface area (Å²) in [5.41, 5.74) is 0.0520. The summed E-state index contributed by atoms with van der Waals surface area (Å²) in [5.74, 6) is -0.287. The Morgan fingerprint density at radius 2 is 1.88 bits per heavy atom. The van der Waals surface area contributed by atoms with Crippen LogP contribution in [0.4, 0.5) is 8.78 Å². The van der Waals surface area contributed by atoms with Crippen molar-refractivity contribution in [3.05, 3.63) is 35.9 Å². The van der Waals surface area contributed by atoms with Crippen molar-refractivity contribution in [1.82, 2.24) is 5.32 Å². The molecule has 0 saturated carbocycles. The van der Waals surface area contributed by atoms with Gasteiger partial charge in [-0.15, -0.1) is 12.3 Å². The Bertz CT molecular complexity index is 354. The zero-order valence-electron chi connectivity index (χ0n) is 9.76. The minimum Gasteiger partial charge on any atom is -0.311 e. The van der Waals surface area contributed by atoms with E-state index in [4.69, 9.17) is 6.42 Å². The van der Waals surface area contributed by atoms with Crippen molar-refractivity contribution in [2.75, 3.05) is 13.1 Å². The third-order valence-electron chi connectivity index (χ3n) is 2.47. The molecule has 92 valence electrons. The Balaban J connectivity index is 2.29. The average Bonchev–Trinajstić information content (AvgIpc) is 2.35. The van der Waals surface area contributed by atoms with E-state index < -0.39 is 5.92 Å². The molecule has 0 heterocycles. The van der Waals surface area contributed by atoms with E-state index in [1.54, 1.807) is 18.2 Å². The quantitative estimate of drug-likeness (QED) is 0.567. The van der Waals surface area contributed by atoms with Crippen LogP contribution in [0.2, 0.25) is 0 Å². The number of hydrogen-bond donors (Lipinski definition) is 1. The fraction of sp³-hybridized carbons (Fsp3) is 0.429. The van der Waals surface area contributed by atoms with Gasteiger partial charge < -0.3 is 5.32 Å². The van der Waals surface area contributed by atoms with Crippen LogP contribution in [0.5, 0.6) is 0 Å². The van der Waals surface area contributed by atoms with Gasteiger partial charge in [0.2, 0.25) is 0 Å². The molecule has 0 bridgehead atoms. The van der Waals surface area contributed by atoms with Crippen molar-refractivity contribution in [2.24, 2.45) is 0 Å². The second-order valence-electron chi connectivity index (χ2n) is 3.91. The second kappa shape index (κ2) is 7.03. The van der Waals surface area contributed by atoms with E-state index in [2.05, 4.69) is 11.2 Å². The number of benzene rings is 1. The lowest BCUT2D eigenvalue weighted by molar-refractivity contribution is -0.00300. The number of halogens is 2. The molecule has 1 aromatic rings. The molecule has 0 spiro atoms. The van der Waals surface area contributed by atoms with Gasteiger partial charge in [0, 0.05) is 12.0 Å². The number of unbranched alkanes of at least 4 members (excludes halogenated alkanes) is 2. The van der Waals surface area contributed by atoms with Crippen LogP contribution in [0.25, 0.3) is 0 Å². The first kappa shape index (κ1) is 13.7. The highest BCUT2D eigenvalue weighted by Gasteiger charge is 2.30. The van der Waals surface area contributed by atoms with E-state index in [0.29, 0.717) is 13.0 Å². The highest BCUT2D eigenvalue weighted by Crippen LogP contribution is 2.26. The minimum atomic E-state index is -2.81. The zero-order chi connectivity index (χ0) is 12.6. The van der Waals surface area contributed by atoms with Crippen LogP contribution in [-0.2, 0) is 5.92 Å². The van der Waals surface area contributed by atoms with Crippen LogP contribution >= 0.6 is 0 Å². The van der Waals surface area contributed by atoms with E-state index in [9.17, 15) is 8.78 Å². The predicted octanol–water partition coefficient (Wildman–Crippen LogP) is 3.17. The SMILES string of the molecule is C#CCCCCNCC(F)(F)c1ccccc1. The summed E-state index contributed by atoms with van der Waals surface area (Å²) in [4.78, 5) is 0. The molecule has 0 aliphatic carbocycles. The Hall–Kier alpha value is -1.40. The topological polar surface area (TPSA) is 12.0 Å². The summed E-state index contributed by atoms with van der Waals surface area (Å²) in [6.07, 6.45) is 7.51. The first-order valence-electron chi connectivity index (χ1n) is 5.74. The number of hydrogen-bond acceptors (Lipinski definition) is 1. The van der Waals surface area contributed by atoms with Gasteiger partial charge in [0.15, 0.2) is 0 Å². The van der Waals surface area contributed by atoms with Crippen molar-refractivity contribution in [1.29, 1.82) is 0 Å². The first-order chi connectivity index (χ1) is 8.17. The maximum atomic E-state index is 13.6. The van der Waals surface area contributed by atoms with Gasteiger partial charge in [-0.25, -0.2) is 0 Å². The van der Waals surface area contributed by atoms with Crippen LogP contribution in [0, 0.1) is 12.3 Å². The fourth-order valence-corrected chi connectivity index (χ4v) is 1.51. The molecule has 0 fully saturated rings. The molecule has 0 radical (unpaired) electrons. The van der Waals surface area contributed by atoms with Gasteiger partial charge in [-0.3, -0.25) is 0 Å². The number of rotatable bonds is 7. The molecule has 1 rings (SSSR count). The predicted molar refractivity (Wildman–Crippen MR) is 65.9 cm³/mol. The molecule has 0 atom stereocenters. The standard InChI is InChI=1S/C14H17F2N/c1-2-3-4-8-11-17-12-14(15,16)13-9-6-5-7-10-13/h1,5-7,9-10,17H,3-4,8,11-12H2. The first-order valence-corrected chi connectivity index (χ1v) is 5.74. The average molecular weight is 237 g/mol. The molecule has 0 saturated heterocycles. The van der Waals surface area contributed by atoms with Gasteiger partial charge in [0.25, 0.3) is 5.92 Å². The van der Waals surface area contributed by atoms with Crippen LogP contribution in [0.1, 0.15) is 24.8 Å². The Labute approximate surface area is 101 Å². The lowest BCUT2D eigenvalue weighted by Crippen LogP contribution is -2.31. The van der Waals surface area contributed by atoms with Crippen molar-refractivity contribution in [2.45, 2.75) is 25.2 Å². The minimum absolute atomic E-state index is 0.0520. The van der Waals surface area contributed by atoms with E-state index in [0.717, 1.165) is 12.8 Å². The second-order valence-corrected chi connectivity index (χ2v) is 3.91. The van der Waals surface area contributed by atoms with Gasteiger partial charge in [-0.1, -0.05) is 30.3 Å². The van der Waals surface area contributed by atoms with Crippen molar-refractivity contribution < 1.29 is 8.78 Å². The van der Waals surface area contributed by atoms with Gasteiger partial charge in [0.05, 0.1) is 6.54 Å². The molecule has 17 heavy (non-hydrogen) atoms. The smallest absolute Gasteiger partial charge is 0.285 e. The molecule has 0 aromatic heterocycles. The van der Waals surface area contributed by atoms with Gasteiger partial charge in [-0.05, 0) is 19.4 Å². The van der Waals surface area contributed by atoms with Gasteiger partial charge in [0.1, 0.15) is 0 Å². The Morgan fingerprint density at radius 3 is 2.53 bits per heavy atom. The number of nitrogens with one attached hydrogen (secondary N) is 1. The van der Waals surface area contributed by atoms with Crippen LogP contribution < -0.4 is 5.32 Å². The lowest BCUT2D eigenvalue weighted by atomic mass is 10.1. The van der Waals surface area contributed by atoms with Gasteiger partial charge >= 0.3 is 0 Å². The molecular formula is C14H17F2N. The van der Waals surface area contributed by atoms with Crippen LogP contribution in [0.3, 0.4) is 0 Å². The summed E-state index contributed by atoms with van der Waals surface area (Å²) >= 11 is 0. The summed E-state index contributed by atoms with van der Waals surface area (Å²) in [6.45, 7) is 0.247. The third kappa shape index (κ3) is 4.97. The van der Waals surface area contributed by atoms with E-state index in [1.165, 1.54) is 12.1 Å². The van der Waals surface area contributed by atoms with E-state index in [-0.39, 0.29) is 12.1 Å². The largest absolute Gasteiger partial charge is 0.311 e. The summed E-state index contributed by atoms with van der Waals surface area (Å²) < 4.78 is 27.3. The third-order valence-corrected chi connectivity index (χ3v) is 2.47. The monoisotopic (exact) mass is 237 g/mol. The summed E-state index contributed by atoms with van der Waals surface area (Å²) in [5, 5.41) is 2.76. The number of alkyl halides is 2.